The van der Waals surface area contributed by atoms with Gasteiger partial charge in [0.1, 0.15) is 0 Å². The lowest BCUT2D eigenvalue weighted by Gasteiger charge is -2.30. The molecule has 0 unspecified atom stereocenters. The van der Waals surface area contributed by atoms with Gasteiger partial charge in [0.05, 0.1) is 0 Å². The fourth-order valence-corrected chi connectivity index (χ4v) is 2.96. The van der Waals surface area contributed by atoms with Crippen LogP contribution in [-0.4, -0.2) is 30.5 Å². The van der Waals surface area contributed by atoms with Crippen LogP contribution >= 0.6 is 11.9 Å². The summed E-state index contributed by atoms with van der Waals surface area (Å²) in [5.74, 6) is 0. The van der Waals surface area contributed by atoms with E-state index in [-0.39, 0.29) is 0 Å². The molecule has 88 valence electrons. The maximum Gasteiger partial charge on any atom is 0.0230 e. The summed E-state index contributed by atoms with van der Waals surface area (Å²) in [5, 5.41) is 3.40. The molecule has 1 aromatic rings. The molecule has 3 heteroatoms. The monoisotopic (exact) mass is 236 g/mol. The SMILES string of the molecule is Cc1ccc(SN(C)C2CCNCC2)cc1. The lowest BCUT2D eigenvalue weighted by atomic mass is 10.1. The molecule has 1 aromatic carbocycles. The molecule has 1 N–H and O–H groups in total. The minimum absolute atomic E-state index is 0.715. The predicted octanol–water partition coefficient (Wildman–Crippen LogP) is 2.69. The molecule has 2 rings (SSSR count). The molecular weight excluding hydrogens is 216 g/mol. The Morgan fingerprint density at radius 2 is 1.81 bits per heavy atom. The first-order valence-corrected chi connectivity index (χ1v) is 6.71. The van der Waals surface area contributed by atoms with Gasteiger partial charge in [0.15, 0.2) is 0 Å². The molecule has 0 spiro atoms. The Morgan fingerprint density at radius 3 is 2.44 bits per heavy atom. The van der Waals surface area contributed by atoms with Crippen molar-refractivity contribution in [3.05, 3.63) is 29.8 Å². The van der Waals surface area contributed by atoms with Crippen molar-refractivity contribution < 1.29 is 0 Å². The maximum absolute atomic E-state index is 3.40. The maximum atomic E-state index is 3.40. The summed E-state index contributed by atoms with van der Waals surface area (Å²) < 4.78 is 2.41. The standard InChI is InChI=1S/C13H20N2S/c1-11-3-5-13(6-4-11)16-15(2)12-7-9-14-10-8-12/h3-6,12,14H,7-10H2,1-2H3. The molecule has 0 aliphatic carbocycles. The van der Waals surface area contributed by atoms with Crippen molar-refractivity contribution in [2.45, 2.75) is 30.7 Å². The predicted molar refractivity (Wildman–Crippen MR) is 70.7 cm³/mol. The highest BCUT2D eigenvalue weighted by Gasteiger charge is 2.18. The quantitative estimate of drug-likeness (QED) is 0.812. The summed E-state index contributed by atoms with van der Waals surface area (Å²) in [6.45, 7) is 4.44. The van der Waals surface area contributed by atoms with Crippen LogP contribution in [0.3, 0.4) is 0 Å². The first-order chi connectivity index (χ1) is 7.75. The lowest BCUT2D eigenvalue weighted by Crippen LogP contribution is -2.38. The molecule has 0 bridgehead atoms. The molecule has 0 aromatic heterocycles. The van der Waals surface area contributed by atoms with E-state index in [1.807, 2.05) is 11.9 Å². The summed E-state index contributed by atoms with van der Waals surface area (Å²) in [7, 11) is 2.21. The fraction of sp³-hybridized carbons (Fsp3) is 0.538. The van der Waals surface area contributed by atoms with Crippen LogP contribution in [0.15, 0.2) is 29.2 Å². The number of piperidine rings is 1. The molecular formula is C13H20N2S. The first-order valence-electron chi connectivity index (χ1n) is 5.94. The molecule has 1 heterocycles. The van der Waals surface area contributed by atoms with Crippen molar-refractivity contribution in [1.29, 1.82) is 0 Å². The van der Waals surface area contributed by atoms with E-state index in [0.29, 0.717) is 6.04 Å². The Hall–Kier alpha value is -0.510. The number of benzene rings is 1. The van der Waals surface area contributed by atoms with Crippen molar-refractivity contribution >= 4 is 11.9 Å². The van der Waals surface area contributed by atoms with E-state index in [4.69, 9.17) is 0 Å². The molecule has 1 aliphatic rings. The summed E-state index contributed by atoms with van der Waals surface area (Å²) in [4.78, 5) is 1.34. The van der Waals surface area contributed by atoms with Crippen LogP contribution in [0.25, 0.3) is 0 Å². The van der Waals surface area contributed by atoms with Crippen LogP contribution in [0.1, 0.15) is 18.4 Å². The molecule has 0 atom stereocenters. The fourth-order valence-electron chi connectivity index (χ4n) is 2.01. The van der Waals surface area contributed by atoms with Gasteiger partial charge in [-0.3, -0.25) is 0 Å². The van der Waals surface area contributed by atoms with Gasteiger partial charge in [-0.1, -0.05) is 17.7 Å². The van der Waals surface area contributed by atoms with Gasteiger partial charge in [-0.2, -0.15) is 0 Å². The van der Waals surface area contributed by atoms with Gasteiger partial charge in [-0.05, 0) is 64.0 Å². The van der Waals surface area contributed by atoms with E-state index in [0.717, 1.165) is 13.1 Å². The number of nitrogens with zero attached hydrogens (tertiary/aromatic N) is 1. The second-order valence-electron chi connectivity index (χ2n) is 4.43. The molecule has 1 aliphatic heterocycles. The van der Waals surface area contributed by atoms with Gasteiger partial charge in [0, 0.05) is 10.9 Å². The summed E-state index contributed by atoms with van der Waals surface area (Å²) in [5.41, 5.74) is 1.33. The van der Waals surface area contributed by atoms with Gasteiger partial charge < -0.3 is 5.32 Å². The van der Waals surface area contributed by atoms with Crippen molar-refractivity contribution in [2.24, 2.45) is 0 Å². The third-order valence-electron chi connectivity index (χ3n) is 3.09. The molecule has 16 heavy (non-hydrogen) atoms. The van der Waals surface area contributed by atoms with E-state index in [1.54, 1.807) is 0 Å². The number of aryl methyl sites for hydroxylation is 1. The third-order valence-corrected chi connectivity index (χ3v) is 4.16. The molecule has 0 saturated carbocycles. The van der Waals surface area contributed by atoms with Crippen LogP contribution in [-0.2, 0) is 0 Å². The van der Waals surface area contributed by atoms with Crippen molar-refractivity contribution in [1.82, 2.24) is 9.62 Å². The van der Waals surface area contributed by atoms with Crippen LogP contribution in [0.4, 0.5) is 0 Å². The number of hydrogen-bond acceptors (Lipinski definition) is 3. The Balaban J connectivity index is 1.90. The highest BCUT2D eigenvalue weighted by molar-refractivity contribution is 7.97. The van der Waals surface area contributed by atoms with E-state index in [9.17, 15) is 0 Å². The summed E-state index contributed by atoms with van der Waals surface area (Å²) in [6.07, 6.45) is 2.52. The van der Waals surface area contributed by atoms with Gasteiger partial charge in [-0.25, -0.2) is 4.31 Å². The largest absolute Gasteiger partial charge is 0.317 e. The average molecular weight is 236 g/mol. The van der Waals surface area contributed by atoms with Crippen LogP contribution < -0.4 is 5.32 Å². The van der Waals surface area contributed by atoms with E-state index in [2.05, 4.69) is 47.9 Å². The molecule has 0 amide bonds. The summed E-state index contributed by atoms with van der Waals surface area (Å²) in [6, 6.07) is 9.49. The smallest absolute Gasteiger partial charge is 0.0230 e. The van der Waals surface area contributed by atoms with Crippen molar-refractivity contribution in [3.63, 3.8) is 0 Å². The zero-order chi connectivity index (χ0) is 11.4. The molecule has 1 fully saturated rings. The zero-order valence-electron chi connectivity index (χ0n) is 10.1. The zero-order valence-corrected chi connectivity index (χ0v) is 10.9. The molecule has 2 nitrogen and oxygen atoms in total. The number of hydrogen-bond donors (Lipinski definition) is 1. The summed E-state index contributed by atoms with van der Waals surface area (Å²) >= 11 is 1.86. The Bertz CT molecular complexity index is 317. The minimum Gasteiger partial charge on any atom is -0.317 e. The first kappa shape index (κ1) is 12.0. The Kier molecular flexibility index (Phi) is 4.27. The molecule has 0 radical (unpaired) electrons. The van der Waals surface area contributed by atoms with Gasteiger partial charge >= 0.3 is 0 Å². The van der Waals surface area contributed by atoms with Crippen LogP contribution in [0, 0.1) is 6.92 Å². The number of nitrogens with one attached hydrogen (secondary N) is 1. The van der Waals surface area contributed by atoms with Crippen molar-refractivity contribution in [3.8, 4) is 0 Å². The van der Waals surface area contributed by atoms with E-state index >= 15 is 0 Å². The van der Waals surface area contributed by atoms with E-state index in [1.165, 1.54) is 23.3 Å². The second kappa shape index (κ2) is 5.71. The van der Waals surface area contributed by atoms with Gasteiger partial charge in [-0.15, -0.1) is 0 Å². The highest BCUT2D eigenvalue weighted by Crippen LogP contribution is 2.26. The third kappa shape index (κ3) is 3.24. The Labute approximate surface area is 103 Å². The minimum atomic E-state index is 0.715. The van der Waals surface area contributed by atoms with E-state index < -0.39 is 0 Å². The normalized spacial score (nSPS) is 17.9. The number of rotatable bonds is 3. The van der Waals surface area contributed by atoms with Gasteiger partial charge in [0.25, 0.3) is 0 Å². The highest BCUT2D eigenvalue weighted by atomic mass is 32.2. The lowest BCUT2D eigenvalue weighted by molar-refractivity contribution is 0.317. The average Bonchev–Trinajstić information content (AvgIpc) is 2.33. The molecule has 1 saturated heterocycles. The van der Waals surface area contributed by atoms with Crippen LogP contribution in [0.5, 0.6) is 0 Å². The van der Waals surface area contributed by atoms with Crippen LogP contribution in [0.2, 0.25) is 0 Å². The van der Waals surface area contributed by atoms with Gasteiger partial charge in [0.2, 0.25) is 0 Å². The Morgan fingerprint density at radius 1 is 1.19 bits per heavy atom. The topological polar surface area (TPSA) is 15.3 Å². The van der Waals surface area contributed by atoms with Crippen molar-refractivity contribution in [2.75, 3.05) is 20.1 Å². The second-order valence-corrected chi connectivity index (χ2v) is 5.66.